The Labute approximate surface area is 121 Å². The van der Waals surface area contributed by atoms with Crippen molar-refractivity contribution >= 4 is 23.5 Å². The molecule has 0 spiro atoms. The zero-order valence-corrected chi connectivity index (χ0v) is 11.8. The van der Waals surface area contributed by atoms with Crippen LogP contribution in [0.3, 0.4) is 0 Å². The van der Waals surface area contributed by atoms with Crippen LogP contribution in [0.15, 0.2) is 34.3 Å². The number of nitrogens with one attached hydrogen (secondary N) is 1. The summed E-state index contributed by atoms with van der Waals surface area (Å²) in [6.45, 7) is 0. The fourth-order valence-electron chi connectivity index (χ4n) is 2.50. The molecular weight excluding hydrogens is 274 g/mol. The summed E-state index contributed by atoms with van der Waals surface area (Å²) in [5.74, 6) is 0.375. The maximum absolute atomic E-state index is 12.4. The van der Waals surface area contributed by atoms with E-state index in [1.165, 1.54) is 10.5 Å². The molecule has 3 rings (SSSR count). The van der Waals surface area contributed by atoms with Gasteiger partial charge in [0.1, 0.15) is 0 Å². The highest BCUT2D eigenvalue weighted by Gasteiger charge is 2.37. The third kappa shape index (κ3) is 2.60. The zero-order valence-electron chi connectivity index (χ0n) is 11.0. The molecule has 2 unspecified atom stereocenters. The van der Waals surface area contributed by atoms with Crippen LogP contribution < -0.4 is 11.1 Å². The van der Waals surface area contributed by atoms with Gasteiger partial charge in [0, 0.05) is 4.90 Å². The monoisotopic (exact) mass is 291 g/mol. The smallest absolute Gasteiger partial charge is 0.234 e. The maximum Gasteiger partial charge on any atom is 0.234 e. The van der Waals surface area contributed by atoms with Gasteiger partial charge in [-0.05, 0) is 36.8 Å². The molecule has 6 heteroatoms. The average Bonchev–Trinajstić information content (AvgIpc) is 3.21. The van der Waals surface area contributed by atoms with E-state index in [-0.39, 0.29) is 23.0 Å². The minimum Gasteiger partial charge on any atom is -0.409 e. The van der Waals surface area contributed by atoms with Crippen molar-refractivity contribution in [3.05, 3.63) is 29.8 Å². The van der Waals surface area contributed by atoms with Gasteiger partial charge >= 0.3 is 0 Å². The standard InChI is InChI=1S/C14H17N3O2S/c15-13(17-19)12(8-5-6-8)16-14(18)11-7-9-3-1-2-4-10(9)20-11/h1-4,8,11-12,19H,5-7H2,(H2,15,17)(H,16,18). The first-order valence-corrected chi connectivity index (χ1v) is 7.59. The quantitative estimate of drug-likeness (QED) is 0.338. The first kappa shape index (κ1) is 13.3. The molecule has 1 saturated carbocycles. The lowest BCUT2D eigenvalue weighted by atomic mass is 10.1. The Morgan fingerprint density at radius 2 is 2.20 bits per heavy atom. The van der Waals surface area contributed by atoms with E-state index in [9.17, 15) is 4.79 Å². The van der Waals surface area contributed by atoms with E-state index in [4.69, 9.17) is 10.9 Å². The van der Waals surface area contributed by atoms with Crippen LogP contribution in [0.4, 0.5) is 0 Å². The molecule has 1 aromatic carbocycles. The summed E-state index contributed by atoms with van der Waals surface area (Å²) < 4.78 is 0. The lowest BCUT2D eigenvalue weighted by Gasteiger charge is -2.18. The molecule has 4 N–H and O–H groups in total. The van der Waals surface area contributed by atoms with Crippen LogP contribution in [0.2, 0.25) is 0 Å². The van der Waals surface area contributed by atoms with E-state index in [1.807, 2.05) is 18.2 Å². The molecule has 0 radical (unpaired) electrons. The minimum absolute atomic E-state index is 0.0327. The number of carbonyl (C=O) groups is 1. The second-order valence-electron chi connectivity index (χ2n) is 5.27. The number of amides is 1. The number of fused-ring (bicyclic) bond motifs is 1. The number of amidine groups is 1. The number of hydrogen-bond donors (Lipinski definition) is 3. The summed E-state index contributed by atoms with van der Waals surface area (Å²) in [6.07, 6.45) is 2.76. The first-order chi connectivity index (χ1) is 9.69. The second-order valence-corrected chi connectivity index (χ2v) is 6.51. The molecule has 1 aliphatic carbocycles. The predicted octanol–water partition coefficient (Wildman–Crippen LogP) is 1.34. The average molecular weight is 291 g/mol. The topological polar surface area (TPSA) is 87.7 Å². The lowest BCUT2D eigenvalue weighted by Crippen LogP contribution is -2.48. The second kappa shape index (κ2) is 5.36. The van der Waals surface area contributed by atoms with E-state index in [0.29, 0.717) is 5.92 Å². The summed E-state index contributed by atoms with van der Waals surface area (Å²) in [7, 11) is 0. The molecule has 5 nitrogen and oxygen atoms in total. The highest BCUT2D eigenvalue weighted by molar-refractivity contribution is 8.01. The normalized spacial score (nSPS) is 23.2. The summed E-state index contributed by atoms with van der Waals surface area (Å²) in [5, 5.41) is 14.7. The van der Waals surface area contributed by atoms with Gasteiger partial charge in [-0.2, -0.15) is 0 Å². The van der Waals surface area contributed by atoms with Crippen LogP contribution in [0, 0.1) is 5.92 Å². The van der Waals surface area contributed by atoms with Crippen molar-refractivity contribution in [3.63, 3.8) is 0 Å². The SMILES string of the molecule is NC(=NO)C(NC(=O)C1Cc2ccccc2S1)C1CC1. The number of thioether (sulfide) groups is 1. The Bertz CT molecular complexity index is 532. The van der Waals surface area contributed by atoms with Crippen molar-refractivity contribution in [2.75, 3.05) is 0 Å². The number of nitrogens with zero attached hydrogens (tertiary/aromatic N) is 1. The molecule has 1 amide bonds. The molecule has 1 aliphatic heterocycles. The van der Waals surface area contributed by atoms with Crippen LogP contribution in [0.5, 0.6) is 0 Å². The van der Waals surface area contributed by atoms with Crippen molar-refractivity contribution in [2.24, 2.45) is 16.8 Å². The Morgan fingerprint density at radius 1 is 1.45 bits per heavy atom. The van der Waals surface area contributed by atoms with Gasteiger partial charge < -0.3 is 16.3 Å². The van der Waals surface area contributed by atoms with E-state index < -0.39 is 0 Å². The summed E-state index contributed by atoms with van der Waals surface area (Å²) >= 11 is 1.58. The molecule has 0 aromatic heterocycles. The third-order valence-electron chi connectivity index (χ3n) is 3.76. The van der Waals surface area contributed by atoms with Crippen molar-refractivity contribution < 1.29 is 10.0 Å². The Hall–Kier alpha value is -1.69. The summed E-state index contributed by atoms with van der Waals surface area (Å²) in [5.41, 5.74) is 6.88. The zero-order chi connectivity index (χ0) is 14.1. The van der Waals surface area contributed by atoms with Crippen molar-refractivity contribution in [1.82, 2.24) is 5.32 Å². The van der Waals surface area contributed by atoms with Crippen molar-refractivity contribution in [1.29, 1.82) is 0 Å². The van der Waals surface area contributed by atoms with Crippen molar-refractivity contribution in [2.45, 2.75) is 35.4 Å². The molecule has 0 saturated heterocycles. The highest BCUT2D eigenvalue weighted by atomic mass is 32.2. The summed E-state index contributed by atoms with van der Waals surface area (Å²) in [6, 6.07) is 7.72. The van der Waals surface area contributed by atoms with Gasteiger partial charge in [0.2, 0.25) is 5.91 Å². The van der Waals surface area contributed by atoms with Crippen LogP contribution in [0.1, 0.15) is 18.4 Å². The maximum atomic E-state index is 12.4. The molecule has 0 bridgehead atoms. The highest BCUT2D eigenvalue weighted by Crippen LogP contribution is 2.37. The van der Waals surface area contributed by atoms with Gasteiger partial charge in [-0.1, -0.05) is 23.4 Å². The molecule has 1 fully saturated rings. The van der Waals surface area contributed by atoms with Gasteiger partial charge in [0.15, 0.2) is 5.84 Å². The third-order valence-corrected chi connectivity index (χ3v) is 5.08. The number of oxime groups is 1. The van der Waals surface area contributed by atoms with E-state index >= 15 is 0 Å². The molecular formula is C14H17N3O2S. The Balaban J connectivity index is 1.66. The van der Waals surface area contributed by atoms with Gasteiger partial charge in [0.05, 0.1) is 11.3 Å². The summed E-state index contributed by atoms with van der Waals surface area (Å²) in [4.78, 5) is 13.5. The van der Waals surface area contributed by atoms with Gasteiger partial charge in [-0.15, -0.1) is 11.8 Å². The van der Waals surface area contributed by atoms with Crippen LogP contribution in [-0.2, 0) is 11.2 Å². The molecule has 2 atom stereocenters. The van der Waals surface area contributed by atoms with Crippen LogP contribution >= 0.6 is 11.8 Å². The number of rotatable bonds is 4. The van der Waals surface area contributed by atoms with Crippen LogP contribution in [0.25, 0.3) is 0 Å². The Kier molecular flexibility index (Phi) is 3.56. The molecule has 106 valence electrons. The minimum atomic E-state index is -0.336. The van der Waals surface area contributed by atoms with E-state index in [2.05, 4.69) is 16.5 Å². The number of benzene rings is 1. The Morgan fingerprint density at radius 3 is 2.85 bits per heavy atom. The fourth-order valence-corrected chi connectivity index (χ4v) is 3.70. The van der Waals surface area contributed by atoms with E-state index in [0.717, 1.165) is 19.3 Å². The first-order valence-electron chi connectivity index (χ1n) is 6.71. The predicted molar refractivity (Wildman–Crippen MR) is 77.9 cm³/mol. The molecule has 2 aliphatic rings. The molecule has 1 heterocycles. The van der Waals surface area contributed by atoms with Crippen molar-refractivity contribution in [3.8, 4) is 0 Å². The number of nitrogens with two attached hydrogens (primary N) is 1. The lowest BCUT2D eigenvalue weighted by molar-refractivity contribution is -0.120. The molecule has 1 aromatic rings. The van der Waals surface area contributed by atoms with E-state index in [1.54, 1.807) is 11.8 Å². The van der Waals surface area contributed by atoms with Gasteiger partial charge in [-0.3, -0.25) is 4.79 Å². The van der Waals surface area contributed by atoms with Gasteiger partial charge in [0.25, 0.3) is 0 Å². The van der Waals surface area contributed by atoms with Gasteiger partial charge in [-0.25, -0.2) is 0 Å². The number of carbonyl (C=O) groups excluding carboxylic acids is 1. The fraction of sp³-hybridized carbons (Fsp3) is 0.429. The molecule has 20 heavy (non-hydrogen) atoms. The van der Waals surface area contributed by atoms with Crippen LogP contribution in [-0.4, -0.2) is 28.2 Å². The largest absolute Gasteiger partial charge is 0.409 e. The number of hydrogen-bond acceptors (Lipinski definition) is 4.